The predicted octanol–water partition coefficient (Wildman–Crippen LogP) is -0.0962. The average molecular weight is 279 g/mol. The molecule has 20 heavy (non-hydrogen) atoms. The molecular weight excluding hydrogens is 262 g/mol. The number of piperidine rings is 1. The molecule has 1 atom stereocenters. The monoisotopic (exact) mass is 279 g/mol. The molecule has 7 heteroatoms. The van der Waals surface area contributed by atoms with Crippen LogP contribution in [0.1, 0.15) is 38.5 Å². The van der Waals surface area contributed by atoms with Crippen LogP contribution in [-0.2, 0) is 14.4 Å². The summed E-state index contributed by atoms with van der Waals surface area (Å²) in [5.74, 6) is -1.31. The lowest BCUT2D eigenvalue weighted by Gasteiger charge is -2.41. The highest BCUT2D eigenvalue weighted by atomic mass is 16.2. The van der Waals surface area contributed by atoms with E-state index in [4.69, 9.17) is 0 Å². The topological polar surface area (TPSA) is 95.6 Å². The van der Waals surface area contributed by atoms with Crippen molar-refractivity contribution in [3.63, 3.8) is 0 Å². The van der Waals surface area contributed by atoms with Crippen LogP contribution in [0.2, 0.25) is 0 Å². The predicted molar refractivity (Wildman–Crippen MR) is 67.3 cm³/mol. The second-order valence-corrected chi connectivity index (χ2v) is 5.67. The number of rotatable bonds is 1. The molecule has 1 saturated carbocycles. The van der Waals surface area contributed by atoms with Gasteiger partial charge in [-0.25, -0.2) is 4.79 Å². The Kier molecular flexibility index (Phi) is 2.99. The number of carbonyl (C=O) groups is 4. The van der Waals surface area contributed by atoms with Crippen LogP contribution < -0.4 is 10.6 Å². The van der Waals surface area contributed by atoms with E-state index >= 15 is 0 Å². The molecule has 3 fully saturated rings. The first-order valence-electron chi connectivity index (χ1n) is 7.03. The zero-order chi connectivity index (χ0) is 14.3. The molecule has 5 amide bonds. The zero-order valence-corrected chi connectivity index (χ0v) is 11.1. The smallest absolute Gasteiger partial charge is 0.331 e. The molecule has 0 bridgehead atoms. The Morgan fingerprint density at radius 1 is 1.05 bits per heavy atom. The van der Waals surface area contributed by atoms with Crippen LogP contribution in [0.15, 0.2) is 0 Å². The molecule has 1 unspecified atom stereocenters. The van der Waals surface area contributed by atoms with Gasteiger partial charge in [-0.3, -0.25) is 24.6 Å². The van der Waals surface area contributed by atoms with Gasteiger partial charge in [-0.05, 0) is 25.7 Å². The highest BCUT2D eigenvalue weighted by Crippen LogP contribution is 2.42. The number of hydrogen-bond acceptors (Lipinski definition) is 4. The summed E-state index contributed by atoms with van der Waals surface area (Å²) in [6.07, 6.45) is 3.66. The second-order valence-electron chi connectivity index (χ2n) is 5.67. The second kappa shape index (κ2) is 4.57. The van der Waals surface area contributed by atoms with E-state index in [1.807, 2.05) is 0 Å². The van der Waals surface area contributed by atoms with Crippen molar-refractivity contribution in [1.29, 1.82) is 0 Å². The van der Waals surface area contributed by atoms with Crippen LogP contribution in [0, 0.1) is 5.41 Å². The van der Waals surface area contributed by atoms with Crippen LogP contribution in [0.3, 0.4) is 0 Å². The maximum Gasteiger partial charge on any atom is 0.331 e. The summed E-state index contributed by atoms with van der Waals surface area (Å²) in [6, 6.07) is -1.55. The minimum Gasteiger partial charge on any atom is -0.354 e. The largest absolute Gasteiger partial charge is 0.354 e. The molecule has 0 radical (unpaired) electrons. The van der Waals surface area contributed by atoms with E-state index in [0.717, 1.165) is 17.7 Å². The Hall–Kier alpha value is -1.92. The first kappa shape index (κ1) is 13.1. The minimum atomic E-state index is -1.13. The van der Waals surface area contributed by atoms with E-state index in [-0.39, 0.29) is 5.91 Å². The van der Waals surface area contributed by atoms with Gasteiger partial charge in [0.2, 0.25) is 17.7 Å². The molecule has 1 aliphatic carbocycles. The molecule has 0 aromatic carbocycles. The Balaban J connectivity index is 1.93. The Bertz CT molecular complexity index is 496. The maximum atomic E-state index is 12.7. The molecule has 3 rings (SSSR count). The van der Waals surface area contributed by atoms with Gasteiger partial charge in [0.1, 0.15) is 11.5 Å². The standard InChI is InChI=1S/C13H17N3O4/c17-9-8(4-3-7-14-9)16-11(19)13(5-1-2-6-13)10(18)15-12(16)20/h8H,1-7H2,(H,14,17)(H,15,18,20). The summed E-state index contributed by atoms with van der Waals surface area (Å²) < 4.78 is 0. The van der Waals surface area contributed by atoms with Crippen molar-refractivity contribution in [3.05, 3.63) is 0 Å². The van der Waals surface area contributed by atoms with Crippen LogP contribution in [0.25, 0.3) is 0 Å². The average Bonchev–Trinajstić information content (AvgIpc) is 2.90. The highest BCUT2D eigenvalue weighted by Gasteiger charge is 2.57. The molecular formula is C13H17N3O4. The van der Waals surface area contributed by atoms with E-state index in [1.54, 1.807) is 0 Å². The third kappa shape index (κ3) is 1.72. The van der Waals surface area contributed by atoms with Gasteiger partial charge < -0.3 is 5.32 Å². The molecule has 1 spiro atoms. The van der Waals surface area contributed by atoms with Crippen molar-refractivity contribution in [3.8, 4) is 0 Å². The number of amides is 5. The van der Waals surface area contributed by atoms with E-state index in [1.165, 1.54) is 0 Å². The lowest BCUT2D eigenvalue weighted by Crippen LogP contribution is -2.68. The van der Waals surface area contributed by atoms with Crippen molar-refractivity contribution in [1.82, 2.24) is 15.5 Å². The fourth-order valence-electron chi connectivity index (χ4n) is 3.40. The third-order valence-electron chi connectivity index (χ3n) is 4.53. The molecule has 0 aromatic rings. The summed E-state index contributed by atoms with van der Waals surface area (Å²) in [5, 5.41) is 4.92. The van der Waals surface area contributed by atoms with Crippen LogP contribution in [0.5, 0.6) is 0 Å². The van der Waals surface area contributed by atoms with Gasteiger partial charge in [0.05, 0.1) is 0 Å². The van der Waals surface area contributed by atoms with E-state index in [2.05, 4.69) is 10.6 Å². The Morgan fingerprint density at radius 3 is 2.40 bits per heavy atom. The van der Waals surface area contributed by atoms with Gasteiger partial charge in [0.15, 0.2) is 0 Å². The van der Waals surface area contributed by atoms with Crippen molar-refractivity contribution < 1.29 is 19.2 Å². The fraction of sp³-hybridized carbons (Fsp3) is 0.692. The lowest BCUT2D eigenvalue weighted by atomic mass is 9.81. The van der Waals surface area contributed by atoms with Gasteiger partial charge in [0.25, 0.3) is 0 Å². The molecule has 7 nitrogen and oxygen atoms in total. The number of urea groups is 1. The summed E-state index contributed by atoms with van der Waals surface area (Å²) in [7, 11) is 0. The van der Waals surface area contributed by atoms with Gasteiger partial charge in [-0.1, -0.05) is 12.8 Å². The molecule has 2 heterocycles. The summed E-state index contributed by atoms with van der Waals surface area (Å²) in [4.78, 5) is 49.6. The molecule has 108 valence electrons. The van der Waals surface area contributed by atoms with E-state index in [9.17, 15) is 19.2 Å². The van der Waals surface area contributed by atoms with E-state index < -0.39 is 29.3 Å². The van der Waals surface area contributed by atoms with Crippen LogP contribution in [-0.4, -0.2) is 41.2 Å². The maximum absolute atomic E-state index is 12.7. The van der Waals surface area contributed by atoms with Gasteiger partial charge in [-0.2, -0.15) is 0 Å². The van der Waals surface area contributed by atoms with Gasteiger partial charge in [-0.15, -0.1) is 0 Å². The fourth-order valence-corrected chi connectivity index (χ4v) is 3.40. The summed E-state index contributed by atoms with van der Waals surface area (Å²) >= 11 is 0. The number of nitrogens with zero attached hydrogens (tertiary/aromatic N) is 1. The number of nitrogens with one attached hydrogen (secondary N) is 2. The third-order valence-corrected chi connectivity index (χ3v) is 4.53. The number of carbonyl (C=O) groups excluding carboxylic acids is 4. The SMILES string of the molecule is O=C1NCCCC1N1C(=O)NC(=O)C2(CCCC2)C1=O. The van der Waals surface area contributed by atoms with Crippen molar-refractivity contribution in [2.24, 2.45) is 5.41 Å². The zero-order valence-electron chi connectivity index (χ0n) is 11.1. The summed E-state index contributed by atoms with van der Waals surface area (Å²) in [6.45, 7) is 0.559. The molecule has 0 aromatic heterocycles. The van der Waals surface area contributed by atoms with Crippen molar-refractivity contribution >= 4 is 23.8 Å². The van der Waals surface area contributed by atoms with Gasteiger partial charge >= 0.3 is 6.03 Å². The highest BCUT2D eigenvalue weighted by molar-refractivity contribution is 6.20. The van der Waals surface area contributed by atoms with E-state index in [0.29, 0.717) is 32.2 Å². The van der Waals surface area contributed by atoms with Crippen LogP contribution >= 0.6 is 0 Å². The number of imide groups is 2. The minimum absolute atomic E-state index is 0.317. The molecule has 3 aliphatic rings. The number of barbiturate groups is 1. The quantitative estimate of drug-likeness (QED) is 0.655. The first-order valence-corrected chi connectivity index (χ1v) is 7.03. The molecule has 2 aliphatic heterocycles. The normalized spacial score (nSPS) is 29.6. The molecule has 2 N–H and O–H groups in total. The number of hydrogen-bond donors (Lipinski definition) is 2. The lowest BCUT2D eigenvalue weighted by molar-refractivity contribution is -0.155. The van der Waals surface area contributed by atoms with Crippen LogP contribution in [0.4, 0.5) is 4.79 Å². The molecule has 2 saturated heterocycles. The summed E-state index contributed by atoms with van der Waals surface area (Å²) in [5.41, 5.74) is -1.13. The first-order chi connectivity index (χ1) is 9.56. The Morgan fingerprint density at radius 2 is 1.75 bits per heavy atom. The van der Waals surface area contributed by atoms with Crippen molar-refractivity contribution in [2.75, 3.05) is 6.54 Å². The Labute approximate surface area is 116 Å². The van der Waals surface area contributed by atoms with Gasteiger partial charge in [0, 0.05) is 6.54 Å². The van der Waals surface area contributed by atoms with Crippen molar-refractivity contribution in [2.45, 2.75) is 44.6 Å².